The van der Waals surface area contributed by atoms with Gasteiger partial charge >= 0.3 is 0 Å². The number of aromatic nitrogens is 2. The van der Waals surface area contributed by atoms with Crippen LogP contribution in [0.3, 0.4) is 0 Å². The number of anilines is 1. The zero-order valence-electron chi connectivity index (χ0n) is 12.8. The maximum atomic E-state index is 11.0. The first-order chi connectivity index (χ1) is 11.6. The second-order valence-corrected chi connectivity index (χ2v) is 5.93. The third kappa shape index (κ3) is 4.20. The Morgan fingerprint density at radius 1 is 1.25 bits per heavy atom. The van der Waals surface area contributed by atoms with E-state index in [0.29, 0.717) is 23.2 Å². The van der Waals surface area contributed by atoms with Gasteiger partial charge in [0, 0.05) is 22.6 Å². The molecule has 0 unspecified atom stereocenters. The van der Waals surface area contributed by atoms with E-state index in [0.717, 1.165) is 10.0 Å². The van der Waals surface area contributed by atoms with Crippen molar-refractivity contribution < 1.29 is 14.1 Å². The highest BCUT2D eigenvalue weighted by Gasteiger charge is 2.09. The standard InChI is InChI=1S/C17H14BrN3O3/c1-11(22)19-14-5-7-15(8-6-14)23-10-16-20-17(21-24-16)12-3-2-4-13(18)9-12/h2-9H,10H2,1H3,(H,19,22). The lowest BCUT2D eigenvalue weighted by molar-refractivity contribution is -0.114. The molecule has 3 rings (SSSR count). The molecule has 0 fully saturated rings. The summed E-state index contributed by atoms with van der Waals surface area (Å²) in [6.07, 6.45) is 0. The fraction of sp³-hybridized carbons (Fsp3) is 0.118. The lowest BCUT2D eigenvalue weighted by Crippen LogP contribution is -2.05. The van der Waals surface area contributed by atoms with E-state index in [2.05, 4.69) is 31.4 Å². The molecule has 1 heterocycles. The number of benzene rings is 2. The minimum atomic E-state index is -0.116. The van der Waals surface area contributed by atoms with Crippen molar-refractivity contribution in [1.29, 1.82) is 0 Å². The van der Waals surface area contributed by atoms with Gasteiger partial charge in [-0.05, 0) is 36.4 Å². The molecule has 0 bridgehead atoms. The van der Waals surface area contributed by atoms with Crippen LogP contribution in [0.25, 0.3) is 11.4 Å². The molecule has 0 aliphatic heterocycles. The first-order valence-corrected chi connectivity index (χ1v) is 7.98. The van der Waals surface area contributed by atoms with E-state index in [-0.39, 0.29) is 12.5 Å². The Labute approximate surface area is 147 Å². The van der Waals surface area contributed by atoms with Crippen LogP contribution in [0.4, 0.5) is 5.69 Å². The second kappa shape index (κ2) is 7.27. The van der Waals surface area contributed by atoms with Crippen LogP contribution >= 0.6 is 15.9 Å². The lowest BCUT2D eigenvalue weighted by Gasteiger charge is -2.05. The van der Waals surface area contributed by atoms with Crippen molar-refractivity contribution in [3.63, 3.8) is 0 Å². The van der Waals surface area contributed by atoms with Gasteiger partial charge in [0.05, 0.1) is 0 Å². The molecule has 122 valence electrons. The lowest BCUT2D eigenvalue weighted by atomic mass is 10.2. The highest BCUT2D eigenvalue weighted by atomic mass is 79.9. The van der Waals surface area contributed by atoms with E-state index in [1.165, 1.54) is 6.92 Å². The summed E-state index contributed by atoms with van der Waals surface area (Å²) >= 11 is 3.41. The summed E-state index contributed by atoms with van der Waals surface area (Å²) in [6, 6.07) is 14.7. The number of hydrogen-bond acceptors (Lipinski definition) is 5. The number of rotatable bonds is 5. The number of carbonyl (C=O) groups excluding carboxylic acids is 1. The van der Waals surface area contributed by atoms with Gasteiger partial charge in [-0.3, -0.25) is 4.79 Å². The van der Waals surface area contributed by atoms with E-state index in [1.807, 2.05) is 24.3 Å². The van der Waals surface area contributed by atoms with Crippen LogP contribution in [0.2, 0.25) is 0 Å². The molecule has 0 aliphatic carbocycles. The zero-order valence-corrected chi connectivity index (χ0v) is 14.4. The average molecular weight is 388 g/mol. The summed E-state index contributed by atoms with van der Waals surface area (Å²) in [6.45, 7) is 1.63. The quantitative estimate of drug-likeness (QED) is 0.714. The van der Waals surface area contributed by atoms with Crippen LogP contribution in [-0.4, -0.2) is 16.0 Å². The van der Waals surface area contributed by atoms with Crippen molar-refractivity contribution in [3.05, 3.63) is 58.9 Å². The monoisotopic (exact) mass is 387 g/mol. The predicted molar refractivity (Wildman–Crippen MR) is 92.5 cm³/mol. The Bertz CT molecular complexity index is 846. The summed E-state index contributed by atoms with van der Waals surface area (Å²) in [5, 5.41) is 6.64. The van der Waals surface area contributed by atoms with E-state index < -0.39 is 0 Å². The molecule has 1 N–H and O–H groups in total. The van der Waals surface area contributed by atoms with Gasteiger partial charge in [0.25, 0.3) is 5.89 Å². The van der Waals surface area contributed by atoms with Crippen LogP contribution in [0.1, 0.15) is 12.8 Å². The summed E-state index contributed by atoms with van der Waals surface area (Å²) < 4.78 is 11.8. The van der Waals surface area contributed by atoms with Crippen LogP contribution in [0, 0.1) is 0 Å². The molecule has 0 atom stereocenters. The maximum Gasteiger partial charge on any atom is 0.264 e. The highest BCUT2D eigenvalue weighted by molar-refractivity contribution is 9.10. The number of nitrogens with zero attached hydrogens (tertiary/aromatic N) is 2. The molecule has 3 aromatic rings. The van der Waals surface area contributed by atoms with Gasteiger partial charge in [-0.25, -0.2) is 0 Å². The molecule has 0 saturated carbocycles. The number of amides is 1. The largest absolute Gasteiger partial charge is 0.484 e. The van der Waals surface area contributed by atoms with Crippen LogP contribution in [0.15, 0.2) is 57.5 Å². The Morgan fingerprint density at radius 3 is 2.75 bits per heavy atom. The maximum absolute atomic E-state index is 11.0. The van der Waals surface area contributed by atoms with E-state index in [4.69, 9.17) is 9.26 Å². The van der Waals surface area contributed by atoms with Gasteiger partial charge in [0.15, 0.2) is 6.61 Å². The minimum Gasteiger partial charge on any atom is -0.484 e. The molecule has 7 heteroatoms. The molecule has 6 nitrogen and oxygen atoms in total. The van der Waals surface area contributed by atoms with Crippen molar-refractivity contribution in [2.75, 3.05) is 5.32 Å². The fourth-order valence-electron chi connectivity index (χ4n) is 2.04. The molecule has 0 radical (unpaired) electrons. The minimum absolute atomic E-state index is 0.116. The fourth-order valence-corrected chi connectivity index (χ4v) is 2.44. The molecule has 2 aromatic carbocycles. The summed E-state index contributed by atoms with van der Waals surface area (Å²) in [7, 11) is 0. The van der Waals surface area contributed by atoms with Crippen molar-refractivity contribution in [1.82, 2.24) is 10.1 Å². The first kappa shape index (κ1) is 16.2. The smallest absolute Gasteiger partial charge is 0.264 e. The van der Waals surface area contributed by atoms with Crippen molar-refractivity contribution >= 4 is 27.5 Å². The predicted octanol–water partition coefficient (Wildman–Crippen LogP) is 4.04. The highest BCUT2D eigenvalue weighted by Crippen LogP contribution is 2.21. The Morgan fingerprint density at radius 2 is 2.04 bits per heavy atom. The number of carbonyl (C=O) groups is 1. The summed E-state index contributed by atoms with van der Waals surface area (Å²) in [5.41, 5.74) is 1.57. The molecule has 24 heavy (non-hydrogen) atoms. The van der Waals surface area contributed by atoms with Crippen molar-refractivity contribution in [2.24, 2.45) is 0 Å². The van der Waals surface area contributed by atoms with Gasteiger partial charge in [-0.15, -0.1) is 0 Å². The second-order valence-electron chi connectivity index (χ2n) is 5.02. The summed E-state index contributed by atoms with van der Waals surface area (Å²) in [4.78, 5) is 15.3. The van der Waals surface area contributed by atoms with Gasteiger partial charge < -0.3 is 14.6 Å². The van der Waals surface area contributed by atoms with Crippen LogP contribution < -0.4 is 10.1 Å². The van der Waals surface area contributed by atoms with Crippen molar-refractivity contribution in [2.45, 2.75) is 13.5 Å². The van der Waals surface area contributed by atoms with Crippen LogP contribution in [0.5, 0.6) is 5.75 Å². The molecular weight excluding hydrogens is 374 g/mol. The molecule has 1 amide bonds. The average Bonchev–Trinajstić information content (AvgIpc) is 3.03. The molecule has 0 saturated heterocycles. The number of halogens is 1. The third-order valence-electron chi connectivity index (χ3n) is 3.09. The number of hydrogen-bond donors (Lipinski definition) is 1. The molecule has 1 aromatic heterocycles. The third-order valence-corrected chi connectivity index (χ3v) is 3.58. The Hall–Kier alpha value is -2.67. The SMILES string of the molecule is CC(=O)Nc1ccc(OCc2nc(-c3cccc(Br)c3)no2)cc1. The Kier molecular flexibility index (Phi) is 4.90. The van der Waals surface area contributed by atoms with Gasteiger partial charge in [0.1, 0.15) is 5.75 Å². The van der Waals surface area contributed by atoms with Gasteiger partial charge in [0.2, 0.25) is 11.7 Å². The zero-order chi connectivity index (χ0) is 16.9. The molecule has 0 spiro atoms. The first-order valence-electron chi connectivity index (χ1n) is 7.19. The van der Waals surface area contributed by atoms with Gasteiger partial charge in [-0.2, -0.15) is 4.98 Å². The number of ether oxygens (including phenoxy) is 1. The van der Waals surface area contributed by atoms with E-state index in [1.54, 1.807) is 24.3 Å². The summed E-state index contributed by atoms with van der Waals surface area (Å²) in [5.74, 6) is 1.42. The molecule has 0 aliphatic rings. The van der Waals surface area contributed by atoms with Crippen molar-refractivity contribution in [3.8, 4) is 17.1 Å². The molecular formula is C17H14BrN3O3. The van der Waals surface area contributed by atoms with E-state index >= 15 is 0 Å². The Balaban J connectivity index is 1.62. The normalized spacial score (nSPS) is 10.4. The topological polar surface area (TPSA) is 77.2 Å². The van der Waals surface area contributed by atoms with Crippen LogP contribution in [-0.2, 0) is 11.4 Å². The number of nitrogens with one attached hydrogen (secondary N) is 1. The van der Waals surface area contributed by atoms with E-state index in [9.17, 15) is 4.79 Å². The van der Waals surface area contributed by atoms with Gasteiger partial charge in [-0.1, -0.05) is 33.2 Å².